The highest BCUT2D eigenvalue weighted by atomic mass is 35.5. The van der Waals surface area contributed by atoms with Crippen molar-refractivity contribution in [1.29, 1.82) is 0 Å². The van der Waals surface area contributed by atoms with Crippen LogP contribution < -0.4 is 5.32 Å². The third-order valence-corrected chi connectivity index (χ3v) is 7.05. The zero-order chi connectivity index (χ0) is 19.8. The molecule has 0 unspecified atom stereocenters. The number of halogens is 2. The van der Waals surface area contributed by atoms with Crippen molar-refractivity contribution in [2.75, 3.05) is 0 Å². The molecule has 2 aromatic carbocycles. The first kappa shape index (κ1) is 19.3. The summed E-state index contributed by atoms with van der Waals surface area (Å²) in [5, 5.41) is 5.41. The molecule has 3 aliphatic heterocycles. The molecule has 3 aliphatic rings. The first-order valence-electron chi connectivity index (χ1n) is 10.8. The van der Waals surface area contributed by atoms with Gasteiger partial charge >= 0.3 is 0 Å². The van der Waals surface area contributed by atoms with Gasteiger partial charge in [-0.15, -0.1) is 0 Å². The fourth-order valence-electron chi connectivity index (χ4n) is 5.41. The number of benzene rings is 2. The molecule has 2 saturated heterocycles. The molecule has 0 aromatic heterocycles. The molecule has 3 nitrogen and oxygen atoms in total. The van der Waals surface area contributed by atoms with Gasteiger partial charge in [0.15, 0.2) is 5.96 Å². The zero-order valence-electron chi connectivity index (χ0n) is 16.5. The standard InChI is InChI=1S/C24H27Cl2N3/c25-18-6-1-4-16(10-18)12-20-14-22-8-3-9-23-15-21(28-24(27-20)29(22)23)13-17-5-2-7-19(26)11-17/h1-2,4-7,10-11,20-23H,3,8-9,12-15H2,(H,27,28)/t20-,21+,22+,23-. The van der Waals surface area contributed by atoms with Gasteiger partial charge in [0, 0.05) is 28.2 Å². The van der Waals surface area contributed by atoms with Crippen LogP contribution >= 0.6 is 23.2 Å². The lowest BCUT2D eigenvalue weighted by molar-refractivity contribution is 0.101. The van der Waals surface area contributed by atoms with Crippen LogP contribution in [0.4, 0.5) is 0 Å². The molecule has 5 rings (SSSR count). The Morgan fingerprint density at radius 2 is 1.55 bits per heavy atom. The Morgan fingerprint density at radius 3 is 2.24 bits per heavy atom. The van der Waals surface area contributed by atoms with Crippen LogP contribution in [0.2, 0.25) is 10.0 Å². The summed E-state index contributed by atoms with van der Waals surface area (Å²) in [7, 11) is 0. The van der Waals surface area contributed by atoms with Gasteiger partial charge in [0.2, 0.25) is 0 Å². The van der Waals surface area contributed by atoms with E-state index in [0.29, 0.717) is 24.2 Å². The van der Waals surface area contributed by atoms with Gasteiger partial charge in [-0.1, -0.05) is 47.5 Å². The number of guanidine groups is 1. The fraction of sp³-hybridized carbons (Fsp3) is 0.458. The Balaban J connectivity index is 1.36. The van der Waals surface area contributed by atoms with E-state index in [2.05, 4.69) is 34.5 Å². The van der Waals surface area contributed by atoms with E-state index in [9.17, 15) is 0 Å². The van der Waals surface area contributed by atoms with E-state index in [1.54, 1.807) is 0 Å². The van der Waals surface area contributed by atoms with E-state index in [-0.39, 0.29) is 0 Å². The highest BCUT2D eigenvalue weighted by Gasteiger charge is 2.42. The summed E-state index contributed by atoms with van der Waals surface area (Å²) in [6.45, 7) is 0. The predicted molar refractivity (Wildman–Crippen MR) is 121 cm³/mol. The van der Waals surface area contributed by atoms with E-state index in [4.69, 9.17) is 28.2 Å². The lowest BCUT2D eigenvalue weighted by Gasteiger charge is -2.52. The lowest BCUT2D eigenvalue weighted by atomic mass is 9.84. The zero-order valence-corrected chi connectivity index (χ0v) is 18.0. The third-order valence-electron chi connectivity index (χ3n) is 6.58. The average Bonchev–Trinajstić information content (AvgIpc) is 2.68. The predicted octanol–water partition coefficient (Wildman–Crippen LogP) is 5.49. The molecule has 0 bridgehead atoms. The van der Waals surface area contributed by atoms with Crippen molar-refractivity contribution in [3.63, 3.8) is 0 Å². The van der Waals surface area contributed by atoms with Crippen molar-refractivity contribution in [3.8, 4) is 0 Å². The number of hydrogen-bond acceptors (Lipinski definition) is 3. The molecular formula is C24H27Cl2N3. The Labute approximate surface area is 183 Å². The summed E-state index contributed by atoms with van der Waals surface area (Å²) in [6, 6.07) is 18.4. The van der Waals surface area contributed by atoms with Gasteiger partial charge in [-0.2, -0.15) is 0 Å². The van der Waals surface area contributed by atoms with Crippen LogP contribution in [0, 0.1) is 0 Å². The molecule has 3 heterocycles. The Morgan fingerprint density at radius 1 is 0.897 bits per heavy atom. The summed E-state index contributed by atoms with van der Waals surface area (Å²) in [6.07, 6.45) is 8.17. The summed E-state index contributed by atoms with van der Waals surface area (Å²) >= 11 is 12.4. The largest absolute Gasteiger partial charge is 0.353 e. The average molecular weight is 428 g/mol. The molecule has 0 saturated carbocycles. The van der Waals surface area contributed by atoms with Crippen LogP contribution in [-0.2, 0) is 12.8 Å². The maximum absolute atomic E-state index is 6.20. The van der Waals surface area contributed by atoms with Crippen LogP contribution in [0.5, 0.6) is 0 Å². The SMILES string of the molecule is Clc1cccc(C[C@@H]2C[C@@H]3CCC[C@@H]4C[C@H](Cc5cccc(Cl)c5)NC(=N2)N43)c1. The number of rotatable bonds is 4. The Kier molecular flexibility index (Phi) is 5.45. The van der Waals surface area contributed by atoms with Gasteiger partial charge < -0.3 is 10.2 Å². The quantitative estimate of drug-likeness (QED) is 0.697. The summed E-state index contributed by atoms with van der Waals surface area (Å²) < 4.78 is 0. The number of nitrogens with one attached hydrogen (secondary N) is 1. The van der Waals surface area contributed by atoms with E-state index < -0.39 is 0 Å². The van der Waals surface area contributed by atoms with E-state index >= 15 is 0 Å². The number of nitrogens with zero attached hydrogens (tertiary/aromatic N) is 2. The Bertz CT molecular complexity index is 913. The molecule has 0 aliphatic carbocycles. The maximum atomic E-state index is 6.20. The minimum Gasteiger partial charge on any atom is -0.353 e. The number of aliphatic imine (C=N–C) groups is 1. The molecule has 1 N–H and O–H groups in total. The third kappa shape index (κ3) is 4.27. The Hall–Kier alpha value is -1.71. The van der Waals surface area contributed by atoms with Crippen molar-refractivity contribution in [1.82, 2.24) is 10.2 Å². The van der Waals surface area contributed by atoms with Crippen LogP contribution in [0.25, 0.3) is 0 Å². The minimum absolute atomic E-state index is 0.320. The highest BCUT2D eigenvalue weighted by molar-refractivity contribution is 6.30. The normalized spacial score (nSPS) is 28.3. The monoisotopic (exact) mass is 427 g/mol. The molecule has 0 radical (unpaired) electrons. The highest BCUT2D eigenvalue weighted by Crippen LogP contribution is 2.35. The maximum Gasteiger partial charge on any atom is 0.194 e. The second kappa shape index (κ2) is 8.20. The van der Waals surface area contributed by atoms with Gasteiger partial charge in [-0.05, 0) is 80.3 Å². The van der Waals surface area contributed by atoms with Crippen LogP contribution in [0.3, 0.4) is 0 Å². The number of hydrogen-bond donors (Lipinski definition) is 1. The smallest absolute Gasteiger partial charge is 0.194 e. The van der Waals surface area contributed by atoms with Gasteiger partial charge in [-0.25, -0.2) is 4.99 Å². The first-order chi connectivity index (χ1) is 14.1. The van der Waals surface area contributed by atoms with Gasteiger partial charge in [0.25, 0.3) is 0 Å². The van der Waals surface area contributed by atoms with Gasteiger partial charge in [0.05, 0.1) is 6.04 Å². The molecule has 2 fully saturated rings. The van der Waals surface area contributed by atoms with Crippen molar-refractivity contribution in [3.05, 3.63) is 69.7 Å². The van der Waals surface area contributed by atoms with Crippen LogP contribution in [0.15, 0.2) is 53.5 Å². The summed E-state index contributed by atoms with van der Waals surface area (Å²) in [5.74, 6) is 1.12. The molecule has 29 heavy (non-hydrogen) atoms. The van der Waals surface area contributed by atoms with Crippen LogP contribution in [-0.4, -0.2) is 35.0 Å². The van der Waals surface area contributed by atoms with E-state index in [0.717, 1.165) is 35.3 Å². The van der Waals surface area contributed by atoms with Crippen molar-refractivity contribution in [2.45, 2.75) is 69.1 Å². The minimum atomic E-state index is 0.320. The molecule has 152 valence electrons. The van der Waals surface area contributed by atoms with E-state index in [1.165, 1.54) is 36.8 Å². The van der Waals surface area contributed by atoms with Crippen molar-refractivity contribution in [2.24, 2.45) is 4.99 Å². The molecule has 5 heteroatoms. The molecule has 0 amide bonds. The molecule has 2 aromatic rings. The van der Waals surface area contributed by atoms with Gasteiger partial charge in [0.1, 0.15) is 0 Å². The second-order valence-electron chi connectivity index (χ2n) is 8.73. The van der Waals surface area contributed by atoms with Crippen molar-refractivity contribution >= 4 is 29.2 Å². The summed E-state index contributed by atoms with van der Waals surface area (Å²) in [5.41, 5.74) is 2.57. The first-order valence-corrected chi connectivity index (χ1v) is 11.5. The van der Waals surface area contributed by atoms with Gasteiger partial charge in [-0.3, -0.25) is 0 Å². The molecular weight excluding hydrogens is 401 g/mol. The molecule has 0 spiro atoms. The van der Waals surface area contributed by atoms with E-state index in [1.807, 2.05) is 24.3 Å². The topological polar surface area (TPSA) is 27.6 Å². The lowest BCUT2D eigenvalue weighted by Crippen LogP contribution is -2.65. The molecule has 4 atom stereocenters. The van der Waals surface area contributed by atoms with Crippen LogP contribution in [0.1, 0.15) is 43.2 Å². The number of piperidine rings is 1. The fourth-order valence-corrected chi connectivity index (χ4v) is 5.84. The van der Waals surface area contributed by atoms with Crippen molar-refractivity contribution < 1.29 is 0 Å². The second-order valence-corrected chi connectivity index (χ2v) is 9.61. The summed E-state index contributed by atoms with van der Waals surface area (Å²) in [4.78, 5) is 7.79.